The van der Waals surface area contributed by atoms with Gasteiger partial charge in [-0.25, -0.2) is 0 Å². The Morgan fingerprint density at radius 3 is 2.31 bits per heavy atom. The minimum atomic E-state index is 0.243. The van der Waals surface area contributed by atoms with Crippen LogP contribution in [0.1, 0.15) is 39.0 Å². The molecule has 2 rings (SSSR count). The van der Waals surface area contributed by atoms with E-state index in [0.717, 1.165) is 31.5 Å². The summed E-state index contributed by atoms with van der Waals surface area (Å²) in [4.78, 5) is 11.6. The largest absolute Gasteiger partial charge is 0.356 e. The van der Waals surface area contributed by atoms with Gasteiger partial charge in [0.2, 0.25) is 5.91 Å². The van der Waals surface area contributed by atoms with Crippen LogP contribution in [0.5, 0.6) is 0 Å². The van der Waals surface area contributed by atoms with Gasteiger partial charge < -0.3 is 10.6 Å². The molecule has 1 amide bonds. The first kappa shape index (κ1) is 11.9. The lowest BCUT2D eigenvalue weighted by Gasteiger charge is -2.30. The number of hydrogen-bond donors (Lipinski definition) is 2. The second kappa shape index (κ2) is 5.67. The van der Waals surface area contributed by atoms with Crippen molar-refractivity contribution in [2.45, 2.75) is 39.0 Å². The fourth-order valence-electron chi connectivity index (χ4n) is 2.71. The zero-order valence-electron chi connectivity index (χ0n) is 10.3. The molecule has 3 nitrogen and oxygen atoms in total. The highest BCUT2D eigenvalue weighted by Gasteiger charge is 2.26. The second-order valence-corrected chi connectivity index (χ2v) is 5.40. The maximum Gasteiger partial charge on any atom is 0.225 e. The molecule has 0 atom stereocenters. The molecule has 1 aliphatic carbocycles. The summed E-state index contributed by atoms with van der Waals surface area (Å²) in [7, 11) is 0. The van der Waals surface area contributed by atoms with Crippen LogP contribution in [-0.4, -0.2) is 25.5 Å². The molecule has 16 heavy (non-hydrogen) atoms. The van der Waals surface area contributed by atoms with Crippen LogP contribution >= 0.6 is 0 Å². The number of rotatable bonds is 4. The van der Waals surface area contributed by atoms with Crippen molar-refractivity contribution in [1.82, 2.24) is 10.6 Å². The Labute approximate surface area is 98.4 Å². The van der Waals surface area contributed by atoms with Crippen LogP contribution in [0.3, 0.4) is 0 Å². The number of carbonyl (C=O) groups is 1. The van der Waals surface area contributed by atoms with Gasteiger partial charge >= 0.3 is 0 Å². The molecule has 2 aliphatic rings. The summed E-state index contributed by atoms with van der Waals surface area (Å²) in [5.41, 5.74) is 0. The van der Waals surface area contributed by atoms with Crippen molar-refractivity contribution in [3.8, 4) is 0 Å². The Morgan fingerprint density at radius 1 is 1.19 bits per heavy atom. The molecule has 0 bridgehead atoms. The second-order valence-electron chi connectivity index (χ2n) is 5.40. The molecule has 2 N–H and O–H groups in total. The van der Waals surface area contributed by atoms with Crippen molar-refractivity contribution in [2.75, 3.05) is 19.6 Å². The van der Waals surface area contributed by atoms with Crippen LogP contribution in [0.2, 0.25) is 0 Å². The van der Waals surface area contributed by atoms with Crippen molar-refractivity contribution < 1.29 is 4.79 Å². The Morgan fingerprint density at radius 2 is 1.81 bits per heavy atom. The fraction of sp³-hybridized carbons (Fsp3) is 0.923. The molecule has 2 fully saturated rings. The number of hydrogen-bond acceptors (Lipinski definition) is 2. The lowest BCUT2D eigenvalue weighted by atomic mass is 9.81. The van der Waals surface area contributed by atoms with Crippen molar-refractivity contribution in [3.63, 3.8) is 0 Å². The lowest BCUT2D eigenvalue weighted by Crippen LogP contribution is -2.51. The van der Waals surface area contributed by atoms with Crippen molar-refractivity contribution in [3.05, 3.63) is 0 Å². The summed E-state index contributed by atoms with van der Waals surface area (Å²) < 4.78 is 0. The molecule has 0 radical (unpaired) electrons. The Balaban J connectivity index is 1.61. The SMILES string of the molecule is CCC1CCC(CNC(=O)C2CNC2)CC1. The molecule has 0 aromatic rings. The van der Waals surface area contributed by atoms with Crippen LogP contribution in [0.4, 0.5) is 0 Å². The van der Waals surface area contributed by atoms with Gasteiger partial charge in [0, 0.05) is 19.6 Å². The van der Waals surface area contributed by atoms with E-state index in [1.54, 1.807) is 0 Å². The van der Waals surface area contributed by atoms with Crippen LogP contribution in [0.15, 0.2) is 0 Å². The van der Waals surface area contributed by atoms with E-state index in [0.29, 0.717) is 0 Å². The highest BCUT2D eigenvalue weighted by molar-refractivity contribution is 5.79. The molecule has 1 saturated heterocycles. The monoisotopic (exact) mass is 224 g/mol. The van der Waals surface area contributed by atoms with Gasteiger partial charge in [-0.3, -0.25) is 4.79 Å². The third-order valence-electron chi connectivity index (χ3n) is 4.26. The van der Waals surface area contributed by atoms with Gasteiger partial charge in [0.1, 0.15) is 0 Å². The first-order valence-corrected chi connectivity index (χ1v) is 6.78. The van der Waals surface area contributed by atoms with Crippen LogP contribution < -0.4 is 10.6 Å². The highest BCUT2D eigenvalue weighted by atomic mass is 16.2. The summed E-state index contributed by atoms with van der Waals surface area (Å²) in [5.74, 6) is 2.19. The Kier molecular flexibility index (Phi) is 4.22. The zero-order valence-corrected chi connectivity index (χ0v) is 10.3. The highest BCUT2D eigenvalue weighted by Crippen LogP contribution is 2.30. The zero-order chi connectivity index (χ0) is 11.4. The molecule has 1 aliphatic heterocycles. The van der Waals surface area contributed by atoms with E-state index in [1.165, 1.54) is 32.1 Å². The molecular weight excluding hydrogens is 200 g/mol. The average Bonchev–Trinajstić information content (AvgIpc) is 2.25. The van der Waals surface area contributed by atoms with E-state index < -0.39 is 0 Å². The Hall–Kier alpha value is -0.570. The molecule has 1 saturated carbocycles. The van der Waals surface area contributed by atoms with Crippen LogP contribution in [0.25, 0.3) is 0 Å². The topological polar surface area (TPSA) is 41.1 Å². The van der Waals surface area contributed by atoms with Crippen molar-refractivity contribution >= 4 is 5.91 Å². The summed E-state index contributed by atoms with van der Waals surface area (Å²) >= 11 is 0. The molecule has 0 aromatic carbocycles. The molecule has 0 aromatic heterocycles. The van der Waals surface area contributed by atoms with E-state index >= 15 is 0 Å². The smallest absolute Gasteiger partial charge is 0.225 e. The van der Waals surface area contributed by atoms with Crippen LogP contribution in [-0.2, 0) is 4.79 Å². The molecule has 0 unspecified atom stereocenters. The van der Waals surface area contributed by atoms with Gasteiger partial charge in [0.15, 0.2) is 0 Å². The van der Waals surface area contributed by atoms with Gasteiger partial charge in [-0.05, 0) is 24.7 Å². The molecule has 0 spiro atoms. The maximum atomic E-state index is 11.6. The summed E-state index contributed by atoms with van der Waals surface area (Å²) in [6.45, 7) is 4.94. The molecule has 1 heterocycles. The standard InChI is InChI=1S/C13H24N2O/c1-2-10-3-5-11(6-4-10)7-15-13(16)12-8-14-9-12/h10-12,14H,2-9H2,1H3,(H,15,16). The van der Waals surface area contributed by atoms with Gasteiger partial charge in [0.25, 0.3) is 0 Å². The molecule has 3 heteroatoms. The number of nitrogens with one attached hydrogen (secondary N) is 2. The van der Waals surface area contributed by atoms with Gasteiger partial charge in [-0.15, -0.1) is 0 Å². The lowest BCUT2D eigenvalue weighted by molar-refractivity contribution is -0.126. The maximum absolute atomic E-state index is 11.6. The minimum absolute atomic E-state index is 0.243. The third kappa shape index (κ3) is 2.97. The fourth-order valence-corrected chi connectivity index (χ4v) is 2.71. The van der Waals surface area contributed by atoms with Crippen molar-refractivity contribution in [2.24, 2.45) is 17.8 Å². The molecule has 92 valence electrons. The van der Waals surface area contributed by atoms with E-state index in [-0.39, 0.29) is 11.8 Å². The van der Waals surface area contributed by atoms with Crippen LogP contribution in [0, 0.1) is 17.8 Å². The van der Waals surface area contributed by atoms with E-state index in [1.807, 2.05) is 0 Å². The third-order valence-corrected chi connectivity index (χ3v) is 4.26. The van der Waals surface area contributed by atoms with E-state index in [9.17, 15) is 4.79 Å². The number of carbonyl (C=O) groups excluding carboxylic acids is 1. The average molecular weight is 224 g/mol. The summed E-state index contributed by atoms with van der Waals surface area (Å²) in [5, 5.41) is 6.24. The summed E-state index contributed by atoms with van der Waals surface area (Å²) in [6.07, 6.45) is 6.67. The summed E-state index contributed by atoms with van der Waals surface area (Å²) in [6, 6.07) is 0. The van der Waals surface area contributed by atoms with Gasteiger partial charge in [0.05, 0.1) is 5.92 Å². The Bertz CT molecular complexity index is 230. The molecular formula is C13H24N2O. The van der Waals surface area contributed by atoms with E-state index in [4.69, 9.17) is 0 Å². The van der Waals surface area contributed by atoms with Gasteiger partial charge in [-0.1, -0.05) is 26.2 Å². The first-order chi connectivity index (χ1) is 7.79. The quantitative estimate of drug-likeness (QED) is 0.760. The normalized spacial score (nSPS) is 30.8. The minimum Gasteiger partial charge on any atom is -0.356 e. The predicted molar refractivity (Wildman–Crippen MR) is 65.1 cm³/mol. The predicted octanol–water partition coefficient (Wildman–Crippen LogP) is 1.54. The van der Waals surface area contributed by atoms with Crippen molar-refractivity contribution in [1.29, 1.82) is 0 Å². The van der Waals surface area contributed by atoms with Gasteiger partial charge in [-0.2, -0.15) is 0 Å². The van der Waals surface area contributed by atoms with E-state index in [2.05, 4.69) is 17.6 Å². The number of amides is 1. The first-order valence-electron chi connectivity index (χ1n) is 6.78.